The van der Waals surface area contributed by atoms with Crippen LogP contribution in [0.5, 0.6) is 0 Å². The summed E-state index contributed by atoms with van der Waals surface area (Å²) in [5, 5.41) is 0. The Labute approximate surface area is 97.4 Å². The van der Waals surface area contributed by atoms with Crippen LogP contribution < -0.4 is 0 Å². The summed E-state index contributed by atoms with van der Waals surface area (Å²) in [6.45, 7) is 9.57. The van der Waals surface area contributed by atoms with Gasteiger partial charge in [-0.1, -0.05) is 53.4 Å². The Kier molecular flexibility index (Phi) is 7.25. The van der Waals surface area contributed by atoms with Crippen molar-refractivity contribution in [1.29, 1.82) is 0 Å². The summed E-state index contributed by atoms with van der Waals surface area (Å²) < 4.78 is 0. The molecule has 2 N–H and O–H groups in total. The van der Waals surface area contributed by atoms with Crippen LogP contribution in [0.2, 0.25) is 0 Å². The molecule has 0 heterocycles. The zero-order valence-corrected chi connectivity index (χ0v) is 11.1. The van der Waals surface area contributed by atoms with E-state index in [1.807, 2.05) is 0 Å². The first-order valence-electron chi connectivity index (χ1n) is 6.59. The molecule has 1 aliphatic carbocycles. The van der Waals surface area contributed by atoms with Gasteiger partial charge in [-0.15, -0.1) is 0 Å². The van der Waals surface area contributed by atoms with E-state index in [0.717, 1.165) is 23.7 Å². The number of hydrogen-bond acceptors (Lipinski definition) is 0. The molecule has 0 aromatic heterocycles. The molecule has 15 heavy (non-hydrogen) atoms. The molecule has 94 valence electrons. The van der Waals surface area contributed by atoms with Gasteiger partial charge in [0.25, 0.3) is 0 Å². The summed E-state index contributed by atoms with van der Waals surface area (Å²) in [4.78, 5) is 0. The van der Waals surface area contributed by atoms with Gasteiger partial charge in [0.2, 0.25) is 0 Å². The van der Waals surface area contributed by atoms with Gasteiger partial charge >= 0.3 is 0 Å². The lowest BCUT2D eigenvalue weighted by molar-refractivity contribution is 0.209. The quantitative estimate of drug-likeness (QED) is 0.671. The molecule has 1 fully saturated rings. The summed E-state index contributed by atoms with van der Waals surface area (Å²) in [5.74, 6) is 3.92. The van der Waals surface area contributed by atoms with Gasteiger partial charge in [0.15, 0.2) is 0 Å². The first-order chi connectivity index (χ1) is 6.59. The number of rotatable bonds is 4. The normalized spacial score (nSPS) is 28.6. The Hall–Kier alpha value is -0.0400. The van der Waals surface area contributed by atoms with Crippen molar-refractivity contribution in [3.8, 4) is 0 Å². The summed E-state index contributed by atoms with van der Waals surface area (Å²) in [6, 6.07) is 0. The van der Waals surface area contributed by atoms with Crippen molar-refractivity contribution in [1.82, 2.24) is 0 Å². The van der Waals surface area contributed by atoms with E-state index in [0.29, 0.717) is 0 Å². The van der Waals surface area contributed by atoms with Crippen LogP contribution in [-0.2, 0) is 0 Å². The Balaban J connectivity index is 0. The first-order valence-corrected chi connectivity index (χ1v) is 6.59. The molecule has 0 saturated heterocycles. The lowest BCUT2D eigenvalue weighted by Gasteiger charge is -2.31. The van der Waals surface area contributed by atoms with Crippen molar-refractivity contribution in [2.75, 3.05) is 0 Å². The maximum absolute atomic E-state index is 2.48. The van der Waals surface area contributed by atoms with Crippen LogP contribution in [0.3, 0.4) is 0 Å². The van der Waals surface area contributed by atoms with Gasteiger partial charge in [-0.05, 0) is 36.5 Å². The zero-order valence-electron chi connectivity index (χ0n) is 11.1. The van der Waals surface area contributed by atoms with Crippen molar-refractivity contribution in [3.05, 3.63) is 0 Å². The third-order valence-corrected chi connectivity index (χ3v) is 4.06. The maximum atomic E-state index is 2.48. The Bertz CT molecular complexity index is 151. The van der Waals surface area contributed by atoms with E-state index < -0.39 is 0 Å². The Morgan fingerprint density at radius 2 is 1.53 bits per heavy atom. The molecule has 1 unspecified atom stereocenters. The molecule has 0 amide bonds. The largest absolute Gasteiger partial charge is 0.412 e. The van der Waals surface area contributed by atoms with E-state index in [-0.39, 0.29) is 6.90 Å². The molecule has 0 aromatic rings. The highest BCUT2D eigenvalue weighted by atomic mass is 16.0. The van der Waals surface area contributed by atoms with Crippen LogP contribution in [0, 0.1) is 23.7 Å². The van der Waals surface area contributed by atoms with Gasteiger partial charge in [0, 0.05) is 1.43 Å². The molecule has 0 radical (unpaired) electrons. The SMILES string of the molecule is CC(C)CCC(C)C1CCC(C)CC1.O.[HH]. The van der Waals surface area contributed by atoms with Crippen molar-refractivity contribution >= 4 is 0 Å². The molecule has 1 saturated carbocycles. The van der Waals surface area contributed by atoms with Gasteiger partial charge in [-0.25, -0.2) is 0 Å². The highest BCUT2D eigenvalue weighted by molar-refractivity contribution is 4.74. The fourth-order valence-electron chi connectivity index (χ4n) is 2.69. The Morgan fingerprint density at radius 3 is 2.00 bits per heavy atom. The lowest BCUT2D eigenvalue weighted by atomic mass is 9.75. The highest BCUT2D eigenvalue weighted by Gasteiger charge is 2.22. The predicted octanol–water partition coefficient (Wildman–Crippen LogP) is 4.31. The molecule has 1 heteroatoms. The molecule has 1 nitrogen and oxygen atoms in total. The zero-order chi connectivity index (χ0) is 10.6. The summed E-state index contributed by atoms with van der Waals surface area (Å²) >= 11 is 0. The molecule has 1 rings (SSSR count). The molecular formula is C14H32O. The van der Waals surface area contributed by atoms with Crippen LogP contribution in [0.15, 0.2) is 0 Å². The van der Waals surface area contributed by atoms with E-state index in [1.165, 1.54) is 38.5 Å². The average molecular weight is 216 g/mol. The molecule has 1 aliphatic rings. The topological polar surface area (TPSA) is 31.5 Å². The average Bonchev–Trinajstić information content (AvgIpc) is 2.15. The fraction of sp³-hybridized carbons (Fsp3) is 1.00. The fourth-order valence-corrected chi connectivity index (χ4v) is 2.69. The number of hydrogen-bond donors (Lipinski definition) is 0. The molecule has 0 aliphatic heterocycles. The van der Waals surface area contributed by atoms with Gasteiger partial charge in [-0.2, -0.15) is 0 Å². The minimum Gasteiger partial charge on any atom is -0.412 e. The second kappa shape index (κ2) is 7.27. The molecule has 0 bridgehead atoms. The molecule has 0 aromatic carbocycles. The van der Waals surface area contributed by atoms with Crippen molar-refractivity contribution in [3.63, 3.8) is 0 Å². The van der Waals surface area contributed by atoms with Crippen molar-refractivity contribution < 1.29 is 6.90 Å². The van der Waals surface area contributed by atoms with Crippen LogP contribution in [-0.4, -0.2) is 5.48 Å². The van der Waals surface area contributed by atoms with Gasteiger partial charge in [-0.3, -0.25) is 0 Å². The minimum atomic E-state index is 0. The Morgan fingerprint density at radius 1 is 1.00 bits per heavy atom. The van der Waals surface area contributed by atoms with Crippen LogP contribution in [0.25, 0.3) is 0 Å². The van der Waals surface area contributed by atoms with Gasteiger partial charge in [0.1, 0.15) is 0 Å². The third-order valence-electron chi connectivity index (χ3n) is 4.06. The molecule has 0 spiro atoms. The van der Waals surface area contributed by atoms with Crippen molar-refractivity contribution in [2.45, 2.75) is 66.2 Å². The van der Waals surface area contributed by atoms with Crippen LogP contribution in [0.1, 0.15) is 67.6 Å². The monoisotopic (exact) mass is 216 g/mol. The van der Waals surface area contributed by atoms with E-state index >= 15 is 0 Å². The standard InChI is InChI=1S/C14H28.H2O.H2/c1-11(2)5-8-13(4)14-9-6-12(3)7-10-14;;/h11-14H,5-10H2,1-4H3;1H2;1H. The maximum Gasteiger partial charge on any atom is 0 e. The minimum absolute atomic E-state index is 0. The van der Waals surface area contributed by atoms with Gasteiger partial charge in [0.05, 0.1) is 0 Å². The van der Waals surface area contributed by atoms with Crippen LogP contribution >= 0.6 is 0 Å². The predicted molar refractivity (Wildman–Crippen MR) is 70.1 cm³/mol. The summed E-state index contributed by atoms with van der Waals surface area (Å²) in [5.41, 5.74) is 0. The van der Waals surface area contributed by atoms with Gasteiger partial charge < -0.3 is 5.48 Å². The van der Waals surface area contributed by atoms with E-state index in [4.69, 9.17) is 0 Å². The van der Waals surface area contributed by atoms with E-state index in [1.54, 1.807) is 0 Å². The second-order valence-corrected chi connectivity index (χ2v) is 5.97. The second-order valence-electron chi connectivity index (χ2n) is 5.97. The third kappa shape index (κ3) is 5.55. The van der Waals surface area contributed by atoms with E-state index in [9.17, 15) is 0 Å². The molecule has 1 atom stereocenters. The molecular weight excluding hydrogens is 184 g/mol. The highest BCUT2D eigenvalue weighted by Crippen LogP contribution is 2.35. The summed E-state index contributed by atoms with van der Waals surface area (Å²) in [6.07, 6.45) is 8.85. The first kappa shape index (κ1) is 15.0. The van der Waals surface area contributed by atoms with E-state index in [2.05, 4.69) is 27.7 Å². The smallest absolute Gasteiger partial charge is 0 e. The van der Waals surface area contributed by atoms with Crippen molar-refractivity contribution in [2.24, 2.45) is 23.7 Å². The van der Waals surface area contributed by atoms with Crippen LogP contribution in [0.4, 0.5) is 0 Å². The lowest BCUT2D eigenvalue weighted by Crippen LogP contribution is -2.19. The summed E-state index contributed by atoms with van der Waals surface area (Å²) in [7, 11) is 0.